The molecule has 2 heterocycles. The van der Waals surface area contributed by atoms with Gasteiger partial charge in [0.15, 0.2) is 10.1 Å². The molecule has 2 aliphatic rings. The van der Waals surface area contributed by atoms with Gasteiger partial charge in [0, 0.05) is 33.4 Å². The zero-order valence-electron chi connectivity index (χ0n) is 22.5. The highest BCUT2D eigenvalue weighted by atomic mass is 35.5. The lowest BCUT2D eigenvalue weighted by molar-refractivity contribution is -0.118. The minimum atomic E-state index is -0.730. The number of nitrogens with zero attached hydrogens (tertiary/aromatic N) is 4. The van der Waals surface area contributed by atoms with E-state index < -0.39 is 5.92 Å². The SMILES string of the molecule is Cc1ccc(NC(=O)CSc2nnc(N3C(N)=C(C#N)C(c4ccc(Cl)cc4Cl)C4=C3CC(C)(C)CC4=O)s2)cc1. The molecular weight excluding hydrogens is 599 g/mol. The van der Waals surface area contributed by atoms with E-state index in [9.17, 15) is 14.9 Å². The van der Waals surface area contributed by atoms with Crippen LogP contribution in [0.2, 0.25) is 10.0 Å². The summed E-state index contributed by atoms with van der Waals surface area (Å²) in [6, 6.07) is 14.8. The van der Waals surface area contributed by atoms with Gasteiger partial charge in [0.05, 0.1) is 23.3 Å². The van der Waals surface area contributed by atoms with Crippen molar-refractivity contribution in [1.82, 2.24) is 10.2 Å². The summed E-state index contributed by atoms with van der Waals surface area (Å²) in [7, 11) is 0. The molecule has 3 N–H and O–H groups in total. The van der Waals surface area contributed by atoms with Gasteiger partial charge in [0.1, 0.15) is 5.82 Å². The minimum absolute atomic E-state index is 0.0793. The number of amides is 1. The van der Waals surface area contributed by atoms with Gasteiger partial charge in [-0.3, -0.25) is 14.5 Å². The molecule has 2 aromatic carbocycles. The number of aromatic nitrogens is 2. The number of hydrogen-bond donors (Lipinski definition) is 2. The van der Waals surface area contributed by atoms with Gasteiger partial charge in [-0.05, 0) is 48.6 Å². The molecule has 0 spiro atoms. The second kappa shape index (κ2) is 11.5. The monoisotopic (exact) mass is 624 g/mol. The number of nitrogens with two attached hydrogens (primary N) is 1. The highest BCUT2D eigenvalue weighted by molar-refractivity contribution is 8.01. The number of halogens is 2. The molecule has 12 heteroatoms. The minimum Gasteiger partial charge on any atom is -0.384 e. The summed E-state index contributed by atoms with van der Waals surface area (Å²) >= 11 is 15.2. The maximum Gasteiger partial charge on any atom is 0.234 e. The lowest BCUT2D eigenvalue weighted by atomic mass is 9.68. The molecule has 0 saturated carbocycles. The van der Waals surface area contributed by atoms with Gasteiger partial charge in [-0.1, -0.05) is 83.9 Å². The van der Waals surface area contributed by atoms with Crippen molar-refractivity contribution in [3.05, 3.63) is 86.3 Å². The molecule has 3 aromatic rings. The number of allylic oxidation sites excluding steroid dienone is 3. The number of carbonyl (C=O) groups excluding carboxylic acids is 2. The van der Waals surface area contributed by atoms with E-state index in [4.69, 9.17) is 28.9 Å². The maximum atomic E-state index is 13.7. The molecule has 1 unspecified atom stereocenters. The molecule has 1 atom stereocenters. The van der Waals surface area contributed by atoms with Gasteiger partial charge in [0.25, 0.3) is 0 Å². The molecular formula is C29H26Cl2N6O2S2. The Bertz CT molecular complexity index is 1660. The normalized spacial score (nSPS) is 18.3. The third-order valence-corrected chi connectivity index (χ3v) is 9.51. The lowest BCUT2D eigenvalue weighted by Crippen LogP contribution is -2.42. The van der Waals surface area contributed by atoms with Gasteiger partial charge in [-0.25, -0.2) is 0 Å². The number of Topliss-reactive ketones (excluding diaryl/α,β-unsaturated/α-hetero) is 1. The Hall–Kier alpha value is -3.36. The van der Waals surface area contributed by atoms with E-state index in [-0.39, 0.29) is 34.3 Å². The van der Waals surface area contributed by atoms with Crippen molar-refractivity contribution in [1.29, 1.82) is 5.26 Å². The van der Waals surface area contributed by atoms with Crippen LogP contribution in [0, 0.1) is 23.7 Å². The summed E-state index contributed by atoms with van der Waals surface area (Å²) in [5.74, 6) is -0.686. The van der Waals surface area contributed by atoms with Crippen LogP contribution in [0.1, 0.15) is 43.7 Å². The standard InChI is InChI=1S/C29H26Cl2N6O2S2/c1-15-4-7-17(8-5-15)34-23(39)14-40-28-36-35-27(41-28)37-21-11-29(2,3)12-22(38)25(21)24(19(13-32)26(37)33)18-9-6-16(30)10-20(18)31/h4-10,24H,11-12,14,33H2,1-3H3,(H,34,39). The first kappa shape index (κ1) is 29.1. The van der Waals surface area contributed by atoms with Crippen LogP contribution in [0.4, 0.5) is 10.8 Å². The number of carbonyl (C=O) groups is 2. The highest BCUT2D eigenvalue weighted by Crippen LogP contribution is 2.51. The van der Waals surface area contributed by atoms with Crippen molar-refractivity contribution in [3.8, 4) is 6.07 Å². The third kappa shape index (κ3) is 5.99. The van der Waals surface area contributed by atoms with Crippen LogP contribution in [-0.4, -0.2) is 27.6 Å². The fourth-order valence-corrected chi connectivity index (χ4v) is 7.28. The Kier molecular flexibility index (Phi) is 8.17. The summed E-state index contributed by atoms with van der Waals surface area (Å²) in [5, 5.41) is 23.0. The van der Waals surface area contributed by atoms with Gasteiger partial charge >= 0.3 is 0 Å². The quantitative estimate of drug-likeness (QED) is 0.286. The maximum absolute atomic E-state index is 13.7. The van der Waals surface area contributed by atoms with E-state index in [0.29, 0.717) is 54.9 Å². The summed E-state index contributed by atoms with van der Waals surface area (Å²) in [5.41, 5.74) is 10.1. The number of nitriles is 1. The number of hydrogen-bond acceptors (Lipinski definition) is 9. The predicted octanol–water partition coefficient (Wildman–Crippen LogP) is 6.83. The Balaban J connectivity index is 1.48. The van der Waals surface area contributed by atoms with Crippen LogP contribution >= 0.6 is 46.3 Å². The molecule has 8 nitrogen and oxygen atoms in total. The van der Waals surface area contributed by atoms with E-state index >= 15 is 0 Å². The zero-order valence-corrected chi connectivity index (χ0v) is 25.6. The molecule has 1 amide bonds. The summed E-state index contributed by atoms with van der Waals surface area (Å²) in [6.07, 6.45) is 0.837. The largest absolute Gasteiger partial charge is 0.384 e. The molecule has 0 radical (unpaired) electrons. The van der Waals surface area contributed by atoms with Crippen molar-refractivity contribution in [2.75, 3.05) is 16.0 Å². The van der Waals surface area contributed by atoms with Gasteiger partial charge < -0.3 is 11.1 Å². The first-order valence-corrected chi connectivity index (χ1v) is 15.3. The number of benzene rings is 2. The first-order valence-electron chi connectivity index (χ1n) is 12.7. The molecule has 0 bridgehead atoms. The van der Waals surface area contributed by atoms with Crippen molar-refractivity contribution in [2.45, 2.75) is 43.9 Å². The van der Waals surface area contributed by atoms with E-state index in [2.05, 4.69) is 21.6 Å². The molecule has 1 aliphatic carbocycles. The second-order valence-corrected chi connectivity index (χ2v) is 13.7. The smallest absolute Gasteiger partial charge is 0.234 e. The van der Waals surface area contributed by atoms with Crippen LogP contribution in [0.25, 0.3) is 0 Å². The summed E-state index contributed by atoms with van der Waals surface area (Å²) < 4.78 is 0.553. The van der Waals surface area contributed by atoms with Crippen molar-refractivity contribution >= 4 is 68.8 Å². The summed E-state index contributed by atoms with van der Waals surface area (Å²) in [4.78, 5) is 27.9. The fraction of sp³-hybridized carbons (Fsp3) is 0.276. The molecule has 41 heavy (non-hydrogen) atoms. The molecule has 0 saturated heterocycles. The van der Waals surface area contributed by atoms with Crippen LogP contribution in [0.15, 0.2) is 69.5 Å². The molecule has 5 rings (SSSR count). The zero-order chi connectivity index (χ0) is 29.5. The third-order valence-electron chi connectivity index (χ3n) is 6.90. The first-order chi connectivity index (χ1) is 19.5. The number of thioether (sulfide) groups is 1. The average molecular weight is 626 g/mol. The van der Waals surface area contributed by atoms with Gasteiger partial charge in [-0.2, -0.15) is 5.26 Å². The Labute approximate surface area is 256 Å². The average Bonchev–Trinajstić information content (AvgIpc) is 3.36. The van der Waals surface area contributed by atoms with Crippen molar-refractivity contribution < 1.29 is 9.59 Å². The topological polar surface area (TPSA) is 125 Å². The van der Waals surface area contributed by atoms with Crippen molar-refractivity contribution in [2.24, 2.45) is 11.1 Å². The van der Waals surface area contributed by atoms with Crippen LogP contribution in [-0.2, 0) is 9.59 Å². The number of anilines is 2. The van der Waals surface area contributed by atoms with Crippen LogP contribution in [0.3, 0.4) is 0 Å². The Morgan fingerprint density at radius 1 is 1.22 bits per heavy atom. The van der Waals surface area contributed by atoms with Crippen LogP contribution in [0.5, 0.6) is 0 Å². The lowest BCUT2D eigenvalue weighted by Gasteiger charge is -2.42. The second-order valence-electron chi connectivity index (χ2n) is 10.7. The fourth-order valence-electron chi connectivity index (χ4n) is 5.09. The number of rotatable bonds is 6. The van der Waals surface area contributed by atoms with Crippen molar-refractivity contribution in [3.63, 3.8) is 0 Å². The number of ketones is 1. The van der Waals surface area contributed by atoms with Gasteiger partial charge in [-0.15, -0.1) is 10.2 Å². The molecule has 1 aromatic heterocycles. The predicted molar refractivity (Wildman–Crippen MR) is 164 cm³/mol. The van der Waals surface area contributed by atoms with E-state index in [1.807, 2.05) is 45.0 Å². The van der Waals surface area contributed by atoms with E-state index in [1.54, 1.807) is 23.1 Å². The molecule has 0 fully saturated rings. The molecule has 210 valence electrons. The molecule has 1 aliphatic heterocycles. The highest BCUT2D eigenvalue weighted by Gasteiger charge is 2.46. The summed E-state index contributed by atoms with van der Waals surface area (Å²) in [6.45, 7) is 6.02. The number of aryl methyl sites for hydroxylation is 1. The number of nitrogens with one attached hydrogen (secondary N) is 1. The van der Waals surface area contributed by atoms with E-state index in [1.165, 1.54) is 23.1 Å². The van der Waals surface area contributed by atoms with Crippen LogP contribution < -0.4 is 16.0 Å². The Morgan fingerprint density at radius 2 is 1.95 bits per heavy atom. The van der Waals surface area contributed by atoms with Gasteiger partial charge in [0.2, 0.25) is 11.0 Å². The van der Waals surface area contributed by atoms with E-state index in [0.717, 1.165) is 5.56 Å². The Morgan fingerprint density at radius 3 is 2.63 bits per heavy atom.